The van der Waals surface area contributed by atoms with Crippen LogP contribution in [0.1, 0.15) is 55.8 Å². The number of benzene rings is 1. The van der Waals surface area contributed by atoms with E-state index in [4.69, 9.17) is 4.98 Å². The molecule has 1 aliphatic rings. The van der Waals surface area contributed by atoms with Crippen molar-refractivity contribution in [1.29, 1.82) is 0 Å². The Morgan fingerprint density at radius 3 is 2.74 bits per heavy atom. The first kappa shape index (κ1) is 22.2. The fourth-order valence-electron chi connectivity index (χ4n) is 3.64. The molecule has 31 heavy (non-hydrogen) atoms. The van der Waals surface area contributed by atoms with E-state index < -0.39 is 0 Å². The molecule has 0 radical (unpaired) electrons. The summed E-state index contributed by atoms with van der Waals surface area (Å²) in [6.45, 7) is 5.70. The number of nitrogens with one attached hydrogen (secondary N) is 1. The summed E-state index contributed by atoms with van der Waals surface area (Å²) in [5, 5.41) is 15.8. The number of amides is 1. The molecule has 0 aliphatic heterocycles. The zero-order chi connectivity index (χ0) is 21.8. The molecule has 0 unspecified atom stereocenters. The van der Waals surface area contributed by atoms with E-state index >= 15 is 0 Å². The number of nitrogens with zero attached hydrogens (tertiary/aromatic N) is 4. The van der Waals surface area contributed by atoms with Gasteiger partial charge >= 0.3 is 0 Å². The molecule has 2 heterocycles. The Hall–Kier alpha value is -1.97. The fraction of sp³-hybridized carbons (Fsp3) is 0.455. The van der Waals surface area contributed by atoms with Crippen molar-refractivity contribution in [3.63, 3.8) is 0 Å². The van der Waals surface area contributed by atoms with E-state index in [1.54, 1.807) is 34.9 Å². The van der Waals surface area contributed by atoms with Gasteiger partial charge in [0.1, 0.15) is 0 Å². The highest BCUT2D eigenvalue weighted by Crippen LogP contribution is 2.34. The van der Waals surface area contributed by atoms with Crippen molar-refractivity contribution in [3.05, 3.63) is 40.4 Å². The van der Waals surface area contributed by atoms with E-state index in [0.29, 0.717) is 16.9 Å². The highest BCUT2D eigenvalue weighted by atomic mass is 32.2. The van der Waals surface area contributed by atoms with Crippen molar-refractivity contribution in [2.45, 2.75) is 69.0 Å². The summed E-state index contributed by atoms with van der Waals surface area (Å²) in [7, 11) is 0. The van der Waals surface area contributed by atoms with Crippen LogP contribution < -0.4 is 10.2 Å². The maximum absolute atomic E-state index is 12.4. The molecule has 164 valence electrons. The number of rotatable bonds is 7. The molecule has 0 bridgehead atoms. The topological polar surface area (TPSA) is 71.0 Å². The maximum atomic E-state index is 12.4. The number of hydrogen-bond acceptors (Lipinski definition) is 8. The minimum absolute atomic E-state index is 0.0423. The van der Waals surface area contributed by atoms with Crippen LogP contribution in [0.5, 0.6) is 0 Å². The fourth-order valence-corrected chi connectivity index (χ4v) is 6.35. The lowest BCUT2D eigenvalue weighted by Crippen LogP contribution is -2.22. The van der Waals surface area contributed by atoms with Gasteiger partial charge in [-0.2, -0.15) is 0 Å². The standard InChI is InChI=1S/C22H27N5OS3/c1-14-9-10-19(11-15(14)2)27(16(3)28)21-24-18(12-29-21)13-30-22-26-25-20(31-22)23-17-7-5-4-6-8-17/h9-12,17H,4-8,13H2,1-3H3,(H,23,25). The van der Waals surface area contributed by atoms with E-state index in [1.165, 1.54) is 49.0 Å². The van der Waals surface area contributed by atoms with Crippen molar-refractivity contribution in [2.24, 2.45) is 0 Å². The minimum atomic E-state index is -0.0423. The lowest BCUT2D eigenvalue weighted by atomic mass is 9.96. The molecule has 1 amide bonds. The lowest BCUT2D eigenvalue weighted by molar-refractivity contribution is -0.115. The van der Waals surface area contributed by atoms with Crippen molar-refractivity contribution in [3.8, 4) is 0 Å². The minimum Gasteiger partial charge on any atom is -0.357 e. The Balaban J connectivity index is 1.39. The molecule has 1 saturated carbocycles. The highest BCUT2D eigenvalue weighted by molar-refractivity contribution is 8.00. The number of aryl methyl sites for hydroxylation is 2. The molecule has 0 atom stereocenters. The average Bonchev–Trinajstić information content (AvgIpc) is 3.39. The van der Waals surface area contributed by atoms with E-state index in [0.717, 1.165) is 26.4 Å². The van der Waals surface area contributed by atoms with E-state index in [2.05, 4.69) is 29.4 Å². The third-order valence-electron chi connectivity index (χ3n) is 5.48. The van der Waals surface area contributed by atoms with Gasteiger partial charge in [0, 0.05) is 24.1 Å². The SMILES string of the molecule is CC(=O)N(c1ccc(C)c(C)c1)c1nc(CSc2nnc(NC3CCCCC3)s2)cs1. The monoisotopic (exact) mass is 473 g/mol. The predicted molar refractivity (Wildman–Crippen MR) is 131 cm³/mol. The van der Waals surface area contributed by atoms with Crippen LogP contribution in [-0.2, 0) is 10.5 Å². The third-order valence-corrected chi connectivity index (χ3v) is 8.37. The van der Waals surface area contributed by atoms with Crippen LogP contribution in [0.4, 0.5) is 16.0 Å². The summed E-state index contributed by atoms with van der Waals surface area (Å²) < 4.78 is 0.936. The van der Waals surface area contributed by atoms with Gasteiger partial charge in [0.05, 0.1) is 11.4 Å². The van der Waals surface area contributed by atoms with Gasteiger partial charge in [-0.1, -0.05) is 48.4 Å². The van der Waals surface area contributed by atoms with Gasteiger partial charge in [-0.05, 0) is 49.9 Å². The molecule has 2 aromatic heterocycles. The lowest BCUT2D eigenvalue weighted by Gasteiger charge is -2.21. The van der Waals surface area contributed by atoms with Crippen molar-refractivity contribution < 1.29 is 4.79 Å². The van der Waals surface area contributed by atoms with Gasteiger partial charge < -0.3 is 5.32 Å². The maximum Gasteiger partial charge on any atom is 0.230 e. The molecule has 9 heteroatoms. The number of thiazole rings is 1. The highest BCUT2D eigenvalue weighted by Gasteiger charge is 2.19. The van der Waals surface area contributed by atoms with Crippen LogP contribution in [0.2, 0.25) is 0 Å². The second-order valence-corrected chi connectivity index (χ2v) is 10.9. The van der Waals surface area contributed by atoms with Crippen molar-refractivity contribution >= 4 is 56.3 Å². The Labute approximate surface area is 195 Å². The molecule has 1 aromatic carbocycles. The van der Waals surface area contributed by atoms with Crippen LogP contribution in [0.3, 0.4) is 0 Å². The Morgan fingerprint density at radius 2 is 2.00 bits per heavy atom. The van der Waals surface area contributed by atoms with E-state index in [1.807, 2.05) is 23.6 Å². The van der Waals surface area contributed by atoms with Gasteiger partial charge in [-0.25, -0.2) is 4.98 Å². The Bertz CT molecular complexity index is 1040. The number of carbonyl (C=O) groups excluding carboxylic acids is 1. The van der Waals surface area contributed by atoms with Gasteiger partial charge in [-0.15, -0.1) is 21.5 Å². The molecule has 0 saturated heterocycles. The van der Waals surface area contributed by atoms with E-state index in [-0.39, 0.29) is 5.91 Å². The van der Waals surface area contributed by atoms with E-state index in [9.17, 15) is 4.79 Å². The smallest absolute Gasteiger partial charge is 0.230 e. The molecule has 0 spiro atoms. The molecule has 3 aromatic rings. The number of thioether (sulfide) groups is 1. The first-order valence-electron chi connectivity index (χ1n) is 10.5. The van der Waals surface area contributed by atoms with Crippen LogP contribution >= 0.6 is 34.4 Å². The Kier molecular flexibility index (Phi) is 7.24. The molecule has 1 fully saturated rings. The third kappa shape index (κ3) is 5.64. The van der Waals surface area contributed by atoms with Gasteiger partial charge in [0.2, 0.25) is 11.0 Å². The summed E-state index contributed by atoms with van der Waals surface area (Å²) in [5.74, 6) is 0.659. The first-order valence-corrected chi connectivity index (χ1v) is 13.2. The molecule has 1 aliphatic carbocycles. The second kappa shape index (κ2) is 10.1. The molecule has 4 rings (SSSR count). The molecule has 1 N–H and O–H groups in total. The van der Waals surface area contributed by atoms with Crippen LogP contribution in [0, 0.1) is 13.8 Å². The van der Waals surface area contributed by atoms with Crippen LogP contribution in [0.15, 0.2) is 27.9 Å². The predicted octanol–water partition coefficient (Wildman–Crippen LogP) is 6.33. The second-order valence-electron chi connectivity index (χ2n) is 7.89. The van der Waals surface area contributed by atoms with Gasteiger partial charge in [0.15, 0.2) is 9.47 Å². The molecular weight excluding hydrogens is 446 g/mol. The van der Waals surface area contributed by atoms with Crippen LogP contribution in [0.25, 0.3) is 0 Å². The zero-order valence-corrected chi connectivity index (χ0v) is 20.5. The summed E-state index contributed by atoms with van der Waals surface area (Å²) in [6.07, 6.45) is 6.37. The van der Waals surface area contributed by atoms with Crippen molar-refractivity contribution in [1.82, 2.24) is 15.2 Å². The van der Waals surface area contributed by atoms with Crippen LogP contribution in [-0.4, -0.2) is 27.1 Å². The Morgan fingerprint density at radius 1 is 1.19 bits per heavy atom. The number of aromatic nitrogens is 3. The molecule has 6 nitrogen and oxygen atoms in total. The summed E-state index contributed by atoms with van der Waals surface area (Å²) in [5.41, 5.74) is 4.16. The largest absolute Gasteiger partial charge is 0.357 e. The zero-order valence-electron chi connectivity index (χ0n) is 18.1. The summed E-state index contributed by atoms with van der Waals surface area (Å²) in [4.78, 5) is 18.8. The van der Waals surface area contributed by atoms with Crippen molar-refractivity contribution in [2.75, 3.05) is 10.2 Å². The number of carbonyl (C=O) groups is 1. The average molecular weight is 474 g/mol. The number of anilines is 3. The summed E-state index contributed by atoms with van der Waals surface area (Å²) in [6, 6.07) is 6.58. The van der Waals surface area contributed by atoms with Gasteiger partial charge in [-0.3, -0.25) is 9.69 Å². The normalized spacial score (nSPS) is 14.5. The number of hydrogen-bond donors (Lipinski definition) is 1. The van der Waals surface area contributed by atoms with Gasteiger partial charge in [0.25, 0.3) is 0 Å². The first-order chi connectivity index (χ1) is 15.0. The summed E-state index contributed by atoms with van der Waals surface area (Å²) >= 11 is 4.73. The quantitative estimate of drug-likeness (QED) is 0.404. The molecular formula is C22H27N5OS3.